The topological polar surface area (TPSA) is 13.1 Å². The molecule has 68 valence electrons. The molecule has 1 unspecified atom stereocenters. The van der Waals surface area contributed by atoms with Crippen LogP contribution in [0, 0.1) is 0 Å². The Balaban J connectivity index is 2.11. The summed E-state index contributed by atoms with van der Waals surface area (Å²) in [6, 6.07) is 10.5. The number of hydrogen-bond donors (Lipinski definition) is 0. The van der Waals surface area contributed by atoms with Crippen molar-refractivity contribution < 1.29 is 4.42 Å². The highest BCUT2D eigenvalue weighted by Gasteiger charge is 2.18. The summed E-state index contributed by atoms with van der Waals surface area (Å²) < 4.78 is 5.11. The van der Waals surface area contributed by atoms with Gasteiger partial charge in [0.25, 0.3) is 0 Å². The lowest BCUT2D eigenvalue weighted by Gasteiger charge is -2.07. The molecule has 0 saturated heterocycles. The third-order valence-corrected chi connectivity index (χ3v) is 2.70. The molecule has 0 N–H and O–H groups in total. The highest BCUT2D eigenvalue weighted by atomic mass is 16.3. The Labute approximate surface area is 82.7 Å². The fourth-order valence-electron chi connectivity index (χ4n) is 1.99. The molecule has 2 aromatic rings. The van der Waals surface area contributed by atoms with E-state index in [-0.39, 0.29) is 0 Å². The Bertz CT molecular complexity index is 466. The van der Waals surface area contributed by atoms with Crippen LogP contribution in [0.4, 0.5) is 0 Å². The van der Waals surface area contributed by atoms with Crippen LogP contribution >= 0.6 is 0 Å². The van der Waals surface area contributed by atoms with E-state index in [0.29, 0.717) is 5.92 Å². The van der Waals surface area contributed by atoms with Gasteiger partial charge in [-0.2, -0.15) is 0 Å². The Morgan fingerprint density at radius 1 is 1.07 bits per heavy atom. The molecule has 1 aromatic carbocycles. The Kier molecular flexibility index (Phi) is 1.57. The van der Waals surface area contributed by atoms with Crippen LogP contribution in [-0.2, 0) is 0 Å². The molecule has 1 aliphatic rings. The molecule has 14 heavy (non-hydrogen) atoms. The minimum atomic E-state index is 0.380. The summed E-state index contributed by atoms with van der Waals surface area (Å²) in [6.07, 6.45) is 7.93. The average Bonchev–Trinajstić information content (AvgIpc) is 2.85. The van der Waals surface area contributed by atoms with E-state index in [1.54, 1.807) is 6.26 Å². The van der Waals surface area contributed by atoms with Gasteiger partial charge in [0, 0.05) is 11.5 Å². The molecule has 1 aromatic heterocycles. The van der Waals surface area contributed by atoms with Crippen molar-refractivity contribution in [2.24, 2.45) is 0 Å². The number of allylic oxidation sites excluding steroid dienone is 1. The Morgan fingerprint density at radius 2 is 2.00 bits per heavy atom. The molecule has 0 amide bonds. The maximum atomic E-state index is 5.11. The first-order valence-electron chi connectivity index (χ1n) is 4.74. The summed E-state index contributed by atoms with van der Waals surface area (Å²) in [6.45, 7) is 0. The van der Waals surface area contributed by atoms with Gasteiger partial charge in [0.2, 0.25) is 0 Å². The van der Waals surface area contributed by atoms with Gasteiger partial charge in [0.05, 0.1) is 12.5 Å². The summed E-state index contributed by atoms with van der Waals surface area (Å²) >= 11 is 0. The predicted molar refractivity (Wildman–Crippen MR) is 56.0 cm³/mol. The van der Waals surface area contributed by atoms with Crippen molar-refractivity contribution in [3.63, 3.8) is 0 Å². The molecule has 0 radical (unpaired) electrons. The summed E-state index contributed by atoms with van der Waals surface area (Å²) in [4.78, 5) is 0. The molecule has 1 aliphatic carbocycles. The van der Waals surface area contributed by atoms with Crippen molar-refractivity contribution in [3.8, 4) is 0 Å². The smallest absolute Gasteiger partial charge is 0.0943 e. The van der Waals surface area contributed by atoms with Crippen LogP contribution in [0.2, 0.25) is 0 Å². The molecule has 1 atom stereocenters. The van der Waals surface area contributed by atoms with Crippen molar-refractivity contribution in [1.82, 2.24) is 0 Å². The number of rotatable bonds is 1. The molecule has 1 heterocycles. The number of benzene rings is 1. The van der Waals surface area contributed by atoms with Crippen molar-refractivity contribution in [2.45, 2.75) is 5.92 Å². The summed E-state index contributed by atoms with van der Waals surface area (Å²) in [7, 11) is 0. The second-order valence-electron chi connectivity index (χ2n) is 3.52. The minimum absolute atomic E-state index is 0.380. The van der Waals surface area contributed by atoms with Crippen LogP contribution < -0.4 is 0 Å². The minimum Gasteiger partial charge on any atom is -0.472 e. The lowest BCUT2D eigenvalue weighted by atomic mass is 9.95. The zero-order valence-corrected chi connectivity index (χ0v) is 7.68. The van der Waals surface area contributed by atoms with Gasteiger partial charge in [0.1, 0.15) is 0 Å². The van der Waals surface area contributed by atoms with E-state index in [9.17, 15) is 0 Å². The maximum Gasteiger partial charge on any atom is 0.0943 e. The van der Waals surface area contributed by atoms with E-state index < -0.39 is 0 Å². The van der Waals surface area contributed by atoms with Gasteiger partial charge >= 0.3 is 0 Å². The van der Waals surface area contributed by atoms with E-state index in [2.05, 4.69) is 36.4 Å². The second kappa shape index (κ2) is 2.88. The lowest BCUT2D eigenvalue weighted by molar-refractivity contribution is 0.563. The fourth-order valence-corrected chi connectivity index (χ4v) is 1.99. The number of fused-ring (bicyclic) bond motifs is 1. The molecule has 1 heteroatoms. The van der Waals surface area contributed by atoms with Crippen molar-refractivity contribution in [2.75, 3.05) is 0 Å². The molecule has 3 rings (SSSR count). The number of furan rings is 1. The number of hydrogen-bond acceptors (Lipinski definition) is 1. The zero-order chi connectivity index (χ0) is 9.38. The van der Waals surface area contributed by atoms with Gasteiger partial charge in [-0.3, -0.25) is 0 Å². The molecule has 0 spiro atoms. The normalized spacial score (nSPS) is 18.4. The molecule has 1 nitrogen and oxygen atoms in total. The first-order chi connectivity index (χ1) is 6.95. The Morgan fingerprint density at radius 3 is 2.86 bits per heavy atom. The lowest BCUT2D eigenvalue weighted by Crippen LogP contribution is -1.92. The monoisotopic (exact) mass is 182 g/mol. The quantitative estimate of drug-likeness (QED) is 0.658. The largest absolute Gasteiger partial charge is 0.472 e. The standard InChI is InChI=1S/C13H10O/c1-2-4-12-10(3-1)5-6-13(12)11-7-8-14-9-11/h1-9,13H. The second-order valence-corrected chi connectivity index (χ2v) is 3.52. The molecular formula is C13H10O. The first kappa shape index (κ1) is 7.63. The molecule has 0 saturated carbocycles. The van der Waals surface area contributed by atoms with Crippen LogP contribution in [0.3, 0.4) is 0 Å². The van der Waals surface area contributed by atoms with Crippen molar-refractivity contribution in [3.05, 3.63) is 65.6 Å². The van der Waals surface area contributed by atoms with Crippen molar-refractivity contribution >= 4 is 6.08 Å². The summed E-state index contributed by atoms with van der Waals surface area (Å²) in [5, 5.41) is 0. The van der Waals surface area contributed by atoms with E-state index in [0.717, 1.165) is 0 Å². The Hall–Kier alpha value is -1.76. The van der Waals surface area contributed by atoms with E-state index >= 15 is 0 Å². The van der Waals surface area contributed by atoms with E-state index in [4.69, 9.17) is 4.42 Å². The van der Waals surface area contributed by atoms with Crippen LogP contribution in [0.25, 0.3) is 6.08 Å². The van der Waals surface area contributed by atoms with Crippen LogP contribution in [0.15, 0.2) is 53.4 Å². The van der Waals surface area contributed by atoms with Gasteiger partial charge in [0.15, 0.2) is 0 Å². The van der Waals surface area contributed by atoms with Gasteiger partial charge in [-0.25, -0.2) is 0 Å². The van der Waals surface area contributed by atoms with E-state index in [1.165, 1.54) is 16.7 Å². The van der Waals surface area contributed by atoms with Crippen LogP contribution in [0.1, 0.15) is 22.6 Å². The summed E-state index contributed by atoms with van der Waals surface area (Å²) in [5.41, 5.74) is 3.92. The summed E-state index contributed by atoms with van der Waals surface area (Å²) in [5.74, 6) is 0.380. The first-order valence-corrected chi connectivity index (χ1v) is 4.74. The zero-order valence-electron chi connectivity index (χ0n) is 7.68. The highest BCUT2D eigenvalue weighted by molar-refractivity contribution is 5.64. The predicted octanol–water partition coefficient (Wildman–Crippen LogP) is 3.44. The van der Waals surface area contributed by atoms with E-state index in [1.807, 2.05) is 12.3 Å². The van der Waals surface area contributed by atoms with Gasteiger partial charge in [-0.05, 0) is 17.2 Å². The van der Waals surface area contributed by atoms with Gasteiger partial charge in [-0.15, -0.1) is 0 Å². The van der Waals surface area contributed by atoms with Crippen LogP contribution in [0.5, 0.6) is 0 Å². The van der Waals surface area contributed by atoms with Gasteiger partial charge < -0.3 is 4.42 Å². The third-order valence-electron chi connectivity index (χ3n) is 2.70. The SMILES string of the molecule is C1=CC(c2ccoc2)c2ccccc21. The molecule has 0 aliphatic heterocycles. The molecular weight excluding hydrogens is 172 g/mol. The van der Waals surface area contributed by atoms with Gasteiger partial charge in [-0.1, -0.05) is 36.4 Å². The van der Waals surface area contributed by atoms with Crippen molar-refractivity contribution in [1.29, 1.82) is 0 Å². The maximum absolute atomic E-state index is 5.11. The molecule has 0 fully saturated rings. The fraction of sp³-hybridized carbons (Fsp3) is 0.0769. The highest BCUT2D eigenvalue weighted by Crippen LogP contribution is 2.34. The van der Waals surface area contributed by atoms with Crippen LogP contribution in [-0.4, -0.2) is 0 Å². The molecule has 0 bridgehead atoms. The average molecular weight is 182 g/mol. The third kappa shape index (κ3) is 1.02.